The third-order valence-corrected chi connectivity index (χ3v) is 4.58. The summed E-state index contributed by atoms with van der Waals surface area (Å²) in [7, 11) is 0. The van der Waals surface area contributed by atoms with Gasteiger partial charge in [0.1, 0.15) is 5.82 Å². The molecule has 0 saturated carbocycles. The van der Waals surface area contributed by atoms with Crippen LogP contribution in [0.25, 0.3) is 0 Å². The zero-order valence-corrected chi connectivity index (χ0v) is 14.1. The van der Waals surface area contributed by atoms with Crippen LogP contribution in [0.3, 0.4) is 0 Å². The van der Waals surface area contributed by atoms with Crippen LogP contribution in [0.5, 0.6) is 0 Å². The molecule has 3 rings (SSSR count). The first kappa shape index (κ1) is 14.5. The highest BCUT2D eigenvalue weighted by molar-refractivity contribution is 9.10. The van der Waals surface area contributed by atoms with Gasteiger partial charge >= 0.3 is 0 Å². The first-order valence-electron chi connectivity index (χ1n) is 6.36. The van der Waals surface area contributed by atoms with Crippen LogP contribution in [-0.2, 0) is 0 Å². The average Bonchev–Trinajstić information content (AvgIpc) is 2.84. The number of nitrogens with zero attached hydrogens (tertiary/aromatic N) is 2. The molecular weight excluding hydrogens is 401 g/mol. The summed E-state index contributed by atoms with van der Waals surface area (Å²) < 4.78 is 15.9. The first-order chi connectivity index (χ1) is 10.1. The van der Waals surface area contributed by atoms with E-state index in [9.17, 15) is 4.39 Å². The molecule has 1 aliphatic rings. The van der Waals surface area contributed by atoms with Gasteiger partial charge in [-0.1, -0.05) is 28.1 Å². The van der Waals surface area contributed by atoms with Crippen LogP contribution in [0.1, 0.15) is 11.6 Å². The third-order valence-electron chi connectivity index (χ3n) is 3.41. The number of nitrogens with two attached hydrogens (primary N) is 1. The van der Waals surface area contributed by atoms with Gasteiger partial charge in [0.15, 0.2) is 5.96 Å². The molecule has 0 amide bonds. The molecule has 2 aromatic rings. The van der Waals surface area contributed by atoms with E-state index in [2.05, 4.69) is 36.9 Å². The second-order valence-corrected chi connectivity index (χ2v) is 6.47. The van der Waals surface area contributed by atoms with Crippen LogP contribution < -0.4 is 10.6 Å². The number of anilines is 1. The largest absolute Gasteiger partial charge is 0.369 e. The van der Waals surface area contributed by atoms with Crippen LogP contribution in [0.4, 0.5) is 10.1 Å². The number of rotatable bonds is 2. The maximum atomic E-state index is 14.2. The number of aliphatic imine (C=N–C) groups is 1. The molecule has 21 heavy (non-hydrogen) atoms. The predicted octanol–water partition coefficient (Wildman–Crippen LogP) is 4.23. The highest BCUT2D eigenvalue weighted by atomic mass is 79.9. The summed E-state index contributed by atoms with van der Waals surface area (Å²) in [6, 6.07) is 12.4. The van der Waals surface area contributed by atoms with Gasteiger partial charge in [0, 0.05) is 14.5 Å². The number of hydrogen-bond acceptors (Lipinski definition) is 3. The van der Waals surface area contributed by atoms with Crippen molar-refractivity contribution in [3.63, 3.8) is 0 Å². The van der Waals surface area contributed by atoms with Gasteiger partial charge in [-0.15, -0.1) is 0 Å². The fourth-order valence-corrected chi connectivity index (χ4v) is 3.30. The molecule has 0 radical (unpaired) electrons. The minimum atomic E-state index is -0.259. The molecule has 0 aromatic heterocycles. The SMILES string of the molecule is NC1=NCC(c2cc(Br)ccc2F)N1c1ccccc1Br. The maximum absolute atomic E-state index is 14.2. The fourth-order valence-electron chi connectivity index (χ4n) is 2.44. The smallest absolute Gasteiger partial charge is 0.196 e. The molecule has 6 heteroatoms. The normalized spacial score (nSPS) is 18.0. The van der Waals surface area contributed by atoms with Crippen LogP contribution >= 0.6 is 31.9 Å². The quantitative estimate of drug-likeness (QED) is 0.801. The number of benzene rings is 2. The van der Waals surface area contributed by atoms with Crippen molar-refractivity contribution in [2.24, 2.45) is 10.7 Å². The Labute approximate surface area is 138 Å². The van der Waals surface area contributed by atoms with Gasteiger partial charge in [-0.05, 0) is 46.3 Å². The minimum absolute atomic E-state index is 0.249. The van der Waals surface area contributed by atoms with Crippen molar-refractivity contribution in [3.8, 4) is 0 Å². The molecule has 0 fully saturated rings. The maximum Gasteiger partial charge on any atom is 0.196 e. The summed E-state index contributed by atoms with van der Waals surface area (Å²) in [6.45, 7) is 0.431. The van der Waals surface area contributed by atoms with Crippen LogP contribution in [0.15, 0.2) is 56.4 Å². The van der Waals surface area contributed by atoms with Crippen molar-refractivity contribution in [3.05, 3.63) is 62.8 Å². The Kier molecular flexibility index (Phi) is 3.99. The minimum Gasteiger partial charge on any atom is -0.369 e. The summed E-state index contributed by atoms with van der Waals surface area (Å²) in [4.78, 5) is 6.14. The van der Waals surface area contributed by atoms with E-state index in [1.54, 1.807) is 12.1 Å². The highest BCUT2D eigenvalue weighted by Crippen LogP contribution is 2.37. The van der Waals surface area contributed by atoms with Crippen molar-refractivity contribution in [1.82, 2.24) is 0 Å². The molecule has 1 heterocycles. The number of para-hydroxylation sites is 1. The van der Waals surface area contributed by atoms with E-state index in [4.69, 9.17) is 5.73 Å². The summed E-state index contributed by atoms with van der Waals surface area (Å²) in [5.74, 6) is 0.136. The molecule has 0 aliphatic carbocycles. The van der Waals surface area contributed by atoms with Gasteiger partial charge in [-0.3, -0.25) is 4.99 Å². The Morgan fingerprint density at radius 2 is 1.95 bits per heavy atom. The zero-order valence-electron chi connectivity index (χ0n) is 10.9. The first-order valence-corrected chi connectivity index (χ1v) is 7.95. The monoisotopic (exact) mass is 411 g/mol. The molecule has 0 bridgehead atoms. The molecular formula is C15H12Br2FN3. The summed E-state index contributed by atoms with van der Waals surface area (Å²) in [6.07, 6.45) is 0. The van der Waals surface area contributed by atoms with Crippen molar-refractivity contribution in [2.45, 2.75) is 6.04 Å². The number of halogens is 3. The van der Waals surface area contributed by atoms with Gasteiger partial charge in [-0.25, -0.2) is 4.39 Å². The second-order valence-electron chi connectivity index (χ2n) is 4.70. The summed E-state index contributed by atoms with van der Waals surface area (Å²) >= 11 is 6.90. The molecule has 1 aliphatic heterocycles. The lowest BCUT2D eigenvalue weighted by molar-refractivity contribution is 0.589. The Balaban J connectivity index is 2.07. The molecule has 3 nitrogen and oxygen atoms in total. The number of guanidine groups is 1. The Morgan fingerprint density at radius 3 is 2.71 bits per heavy atom. The van der Waals surface area contributed by atoms with E-state index in [0.717, 1.165) is 14.6 Å². The van der Waals surface area contributed by atoms with E-state index < -0.39 is 0 Å². The molecule has 2 N–H and O–H groups in total. The van der Waals surface area contributed by atoms with E-state index in [1.165, 1.54) is 6.07 Å². The molecule has 2 aromatic carbocycles. The Morgan fingerprint density at radius 1 is 1.19 bits per heavy atom. The standard InChI is InChI=1S/C15H12Br2FN3/c16-9-5-6-12(18)10(7-9)14-8-20-15(19)21(14)13-4-2-1-3-11(13)17/h1-7,14H,8H2,(H2,19,20). The van der Waals surface area contributed by atoms with Crippen molar-refractivity contribution < 1.29 is 4.39 Å². The van der Waals surface area contributed by atoms with Gasteiger partial charge in [0.25, 0.3) is 0 Å². The van der Waals surface area contributed by atoms with E-state index in [-0.39, 0.29) is 11.9 Å². The van der Waals surface area contributed by atoms with Crippen molar-refractivity contribution >= 4 is 43.5 Å². The van der Waals surface area contributed by atoms with Crippen molar-refractivity contribution in [2.75, 3.05) is 11.4 Å². The van der Waals surface area contributed by atoms with Crippen molar-refractivity contribution in [1.29, 1.82) is 0 Å². The van der Waals surface area contributed by atoms with Crippen LogP contribution in [0, 0.1) is 5.82 Å². The summed E-state index contributed by atoms with van der Waals surface area (Å²) in [5.41, 5.74) is 7.47. The molecule has 108 valence electrons. The molecule has 0 saturated heterocycles. The number of hydrogen-bond donors (Lipinski definition) is 1. The van der Waals surface area contributed by atoms with E-state index >= 15 is 0 Å². The molecule has 1 unspecified atom stereocenters. The predicted molar refractivity (Wildman–Crippen MR) is 90.0 cm³/mol. The lowest BCUT2D eigenvalue weighted by Crippen LogP contribution is -2.36. The topological polar surface area (TPSA) is 41.6 Å². The lowest BCUT2D eigenvalue weighted by atomic mass is 10.0. The van der Waals surface area contributed by atoms with Gasteiger partial charge in [-0.2, -0.15) is 0 Å². The van der Waals surface area contributed by atoms with E-state index in [0.29, 0.717) is 18.1 Å². The van der Waals surface area contributed by atoms with Crippen LogP contribution in [-0.4, -0.2) is 12.5 Å². The van der Waals surface area contributed by atoms with Gasteiger partial charge in [0.2, 0.25) is 0 Å². The average molecular weight is 413 g/mol. The third kappa shape index (κ3) is 2.70. The Hall–Kier alpha value is -1.40. The fraction of sp³-hybridized carbons (Fsp3) is 0.133. The molecule has 1 atom stereocenters. The zero-order chi connectivity index (χ0) is 15.0. The highest BCUT2D eigenvalue weighted by Gasteiger charge is 2.31. The van der Waals surface area contributed by atoms with Gasteiger partial charge in [0.05, 0.1) is 18.3 Å². The second kappa shape index (κ2) is 5.77. The van der Waals surface area contributed by atoms with Crippen LogP contribution in [0.2, 0.25) is 0 Å². The van der Waals surface area contributed by atoms with E-state index in [1.807, 2.05) is 29.2 Å². The summed E-state index contributed by atoms with van der Waals surface area (Å²) in [5, 5.41) is 0. The molecule has 0 spiro atoms. The Bertz CT molecular complexity index is 718. The lowest BCUT2D eigenvalue weighted by Gasteiger charge is -2.28. The van der Waals surface area contributed by atoms with Gasteiger partial charge < -0.3 is 10.6 Å².